The summed E-state index contributed by atoms with van der Waals surface area (Å²) in [5, 5.41) is 0.0759. The van der Waals surface area contributed by atoms with E-state index in [9.17, 15) is 22.8 Å². The Bertz CT molecular complexity index is 840. The molecule has 1 atom stereocenters. The summed E-state index contributed by atoms with van der Waals surface area (Å²) in [6.07, 6.45) is -3.89. The highest BCUT2D eigenvalue weighted by Gasteiger charge is 2.49. The number of hydrogen-bond acceptors (Lipinski definition) is 6. The number of ketones is 1. The maximum Gasteiger partial charge on any atom is 0.435 e. The highest BCUT2D eigenvalue weighted by atomic mass is 19.4. The summed E-state index contributed by atoms with van der Waals surface area (Å²) in [6, 6.07) is 5.75. The monoisotopic (exact) mass is 425 g/mol. The first-order valence-corrected chi connectivity index (χ1v) is 9.02. The van der Waals surface area contributed by atoms with Gasteiger partial charge in [-0.15, -0.1) is 0 Å². The SMILES string of the molecule is CC(C)(C)OC(=O)N(OCc1ccccc1)[C@@H](CC(=O)c1cnccn1)C(F)(F)F. The van der Waals surface area contributed by atoms with Gasteiger partial charge in [0.05, 0.1) is 6.20 Å². The summed E-state index contributed by atoms with van der Waals surface area (Å²) in [7, 11) is 0. The summed E-state index contributed by atoms with van der Waals surface area (Å²) in [4.78, 5) is 37.5. The van der Waals surface area contributed by atoms with Crippen molar-refractivity contribution < 1.29 is 32.3 Å². The molecule has 0 aliphatic carbocycles. The van der Waals surface area contributed by atoms with Crippen LogP contribution in [-0.2, 0) is 16.2 Å². The molecule has 0 saturated carbocycles. The lowest BCUT2D eigenvalue weighted by molar-refractivity contribution is -0.262. The molecule has 1 aromatic heterocycles. The van der Waals surface area contributed by atoms with Crippen LogP contribution in [0, 0.1) is 0 Å². The van der Waals surface area contributed by atoms with E-state index in [1.54, 1.807) is 30.3 Å². The van der Waals surface area contributed by atoms with Crippen molar-refractivity contribution in [3.8, 4) is 0 Å². The third kappa shape index (κ3) is 7.11. The third-order valence-corrected chi connectivity index (χ3v) is 3.68. The van der Waals surface area contributed by atoms with Gasteiger partial charge in [0.2, 0.25) is 0 Å². The van der Waals surface area contributed by atoms with Crippen LogP contribution in [0.15, 0.2) is 48.9 Å². The fourth-order valence-corrected chi connectivity index (χ4v) is 2.35. The van der Waals surface area contributed by atoms with E-state index in [0.29, 0.717) is 5.56 Å². The van der Waals surface area contributed by atoms with E-state index in [-0.39, 0.29) is 17.4 Å². The minimum atomic E-state index is -4.97. The molecule has 10 heteroatoms. The van der Waals surface area contributed by atoms with Gasteiger partial charge in [0.15, 0.2) is 11.8 Å². The number of carbonyl (C=O) groups is 2. The number of alkyl halides is 3. The van der Waals surface area contributed by atoms with Gasteiger partial charge in [0.1, 0.15) is 17.9 Å². The van der Waals surface area contributed by atoms with Crippen LogP contribution in [0.4, 0.5) is 18.0 Å². The van der Waals surface area contributed by atoms with Crippen molar-refractivity contribution >= 4 is 11.9 Å². The zero-order valence-corrected chi connectivity index (χ0v) is 16.7. The van der Waals surface area contributed by atoms with Gasteiger partial charge in [-0.1, -0.05) is 30.3 Å². The van der Waals surface area contributed by atoms with Gasteiger partial charge in [-0.2, -0.15) is 18.2 Å². The van der Waals surface area contributed by atoms with Gasteiger partial charge in [-0.25, -0.2) is 9.78 Å². The summed E-state index contributed by atoms with van der Waals surface area (Å²) >= 11 is 0. The number of ether oxygens (including phenoxy) is 1. The third-order valence-electron chi connectivity index (χ3n) is 3.68. The topological polar surface area (TPSA) is 81.6 Å². The molecule has 0 aliphatic heterocycles. The largest absolute Gasteiger partial charge is 0.442 e. The Kier molecular flexibility index (Phi) is 7.49. The number of halogens is 3. The number of hydroxylamine groups is 2. The second-order valence-electron chi connectivity index (χ2n) is 7.34. The van der Waals surface area contributed by atoms with Crippen molar-refractivity contribution in [3.63, 3.8) is 0 Å². The Morgan fingerprint density at radius 3 is 2.30 bits per heavy atom. The molecule has 1 amide bonds. The van der Waals surface area contributed by atoms with Crippen molar-refractivity contribution in [2.45, 2.75) is 51.6 Å². The zero-order valence-electron chi connectivity index (χ0n) is 16.7. The molecule has 0 fully saturated rings. The number of carbonyl (C=O) groups excluding carboxylic acids is 2. The maximum atomic E-state index is 13.8. The highest BCUT2D eigenvalue weighted by Crippen LogP contribution is 2.30. The van der Waals surface area contributed by atoms with Crippen LogP contribution in [0.25, 0.3) is 0 Å². The second kappa shape index (κ2) is 9.66. The maximum absolute atomic E-state index is 13.8. The van der Waals surface area contributed by atoms with E-state index in [4.69, 9.17) is 9.57 Å². The quantitative estimate of drug-likeness (QED) is 0.485. The molecule has 0 N–H and O–H groups in total. The number of benzene rings is 1. The smallest absolute Gasteiger partial charge is 0.435 e. The molecule has 1 heterocycles. The van der Waals surface area contributed by atoms with Gasteiger partial charge in [-0.05, 0) is 26.3 Å². The molecule has 0 radical (unpaired) electrons. The van der Waals surface area contributed by atoms with Crippen molar-refractivity contribution in [1.29, 1.82) is 0 Å². The van der Waals surface area contributed by atoms with Gasteiger partial charge in [-0.3, -0.25) is 14.6 Å². The average Bonchev–Trinajstić information content (AvgIpc) is 2.66. The molecule has 0 unspecified atom stereocenters. The minimum absolute atomic E-state index is 0.0759. The second-order valence-corrected chi connectivity index (χ2v) is 7.34. The predicted octanol–water partition coefficient (Wildman–Crippen LogP) is 4.35. The first-order chi connectivity index (χ1) is 14.0. The zero-order chi connectivity index (χ0) is 22.4. The molecular weight excluding hydrogens is 403 g/mol. The lowest BCUT2D eigenvalue weighted by atomic mass is 10.1. The molecule has 7 nitrogen and oxygen atoms in total. The Morgan fingerprint density at radius 1 is 1.10 bits per heavy atom. The van der Waals surface area contributed by atoms with E-state index >= 15 is 0 Å². The fourth-order valence-electron chi connectivity index (χ4n) is 2.35. The molecule has 2 aromatic rings. The standard InChI is InChI=1S/C20H22F3N3O4/c1-19(2,3)30-18(28)26(29-13-14-7-5-4-6-8-14)17(20(21,22)23)11-16(27)15-12-24-9-10-25-15/h4-10,12,17H,11,13H2,1-3H3/t17-/m0/s1. The lowest BCUT2D eigenvalue weighted by Gasteiger charge is -2.33. The van der Waals surface area contributed by atoms with E-state index in [2.05, 4.69) is 9.97 Å². The molecule has 0 saturated heterocycles. The normalized spacial score (nSPS) is 12.9. The molecule has 0 spiro atoms. The number of hydrogen-bond donors (Lipinski definition) is 0. The number of nitrogens with zero attached hydrogens (tertiary/aromatic N) is 3. The molecule has 0 aliphatic rings. The van der Waals surface area contributed by atoms with Gasteiger partial charge in [0, 0.05) is 18.8 Å². The summed E-state index contributed by atoms with van der Waals surface area (Å²) in [6.45, 7) is 4.20. The number of amides is 1. The fraction of sp³-hybridized carbons (Fsp3) is 0.400. The van der Waals surface area contributed by atoms with Crippen molar-refractivity contribution in [2.24, 2.45) is 0 Å². The van der Waals surface area contributed by atoms with Crippen molar-refractivity contribution in [3.05, 3.63) is 60.2 Å². The van der Waals surface area contributed by atoms with Crippen LogP contribution >= 0.6 is 0 Å². The molecule has 0 bridgehead atoms. The van der Waals surface area contributed by atoms with E-state index < -0.39 is 36.1 Å². The highest BCUT2D eigenvalue weighted by molar-refractivity contribution is 5.94. The van der Waals surface area contributed by atoms with E-state index in [0.717, 1.165) is 6.20 Å². The Labute approximate surface area is 171 Å². The Balaban J connectivity index is 2.30. The van der Waals surface area contributed by atoms with E-state index in [1.807, 2.05) is 0 Å². The van der Waals surface area contributed by atoms with Crippen LogP contribution in [0.3, 0.4) is 0 Å². The summed E-state index contributed by atoms with van der Waals surface area (Å²) in [5.41, 5.74) is -0.789. The number of Topliss-reactive ketones (excluding diaryl/α,β-unsaturated/α-hetero) is 1. The van der Waals surface area contributed by atoms with Crippen LogP contribution < -0.4 is 0 Å². The number of aromatic nitrogens is 2. The first kappa shape index (κ1) is 23.3. The molecule has 30 heavy (non-hydrogen) atoms. The lowest BCUT2D eigenvalue weighted by Crippen LogP contribution is -2.51. The Morgan fingerprint density at radius 2 is 1.77 bits per heavy atom. The van der Waals surface area contributed by atoms with Gasteiger partial charge >= 0.3 is 12.3 Å². The van der Waals surface area contributed by atoms with Crippen molar-refractivity contribution in [1.82, 2.24) is 15.0 Å². The molecule has 2 rings (SSSR count). The minimum Gasteiger partial charge on any atom is -0.442 e. The Hall–Kier alpha value is -3.01. The van der Waals surface area contributed by atoms with E-state index in [1.165, 1.54) is 33.2 Å². The van der Waals surface area contributed by atoms with Crippen LogP contribution in [0.5, 0.6) is 0 Å². The average molecular weight is 425 g/mol. The molecule has 1 aromatic carbocycles. The van der Waals surface area contributed by atoms with Crippen LogP contribution in [0.1, 0.15) is 43.2 Å². The number of rotatable bonds is 7. The summed E-state index contributed by atoms with van der Waals surface area (Å²) in [5.74, 6) is -0.942. The molecular formula is C20H22F3N3O4. The molecule has 162 valence electrons. The first-order valence-electron chi connectivity index (χ1n) is 9.02. The summed E-state index contributed by atoms with van der Waals surface area (Å²) < 4.78 is 46.6. The predicted molar refractivity (Wildman–Crippen MR) is 100 cm³/mol. The van der Waals surface area contributed by atoms with Gasteiger partial charge in [0.25, 0.3) is 0 Å². The van der Waals surface area contributed by atoms with Crippen LogP contribution in [-0.4, -0.2) is 44.7 Å². The van der Waals surface area contributed by atoms with Crippen LogP contribution in [0.2, 0.25) is 0 Å². The van der Waals surface area contributed by atoms with Crippen molar-refractivity contribution in [2.75, 3.05) is 0 Å². The van der Waals surface area contributed by atoms with Gasteiger partial charge < -0.3 is 4.74 Å².